The third-order valence-electron chi connectivity index (χ3n) is 7.54. The van der Waals surface area contributed by atoms with Crippen molar-refractivity contribution in [1.29, 1.82) is 0 Å². The van der Waals surface area contributed by atoms with Crippen LogP contribution in [0.25, 0.3) is 0 Å². The summed E-state index contributed by atoms with van der Waals surface area (Å²) in [5.41, 5.74) is 2.81. The first kappa shape index (κ1) is 28.8. The molecule has 1 aliphatic heterocycles. The highest BCUT2D eigenvalue weighted by molar-refractivity contribution is 6.30. The van der Waals surface area contributed by atoms with Gasteiger partial charge in [-0.25, -0.2) is 9.78 Å². The summed E-state index contributed by atoms with van der Waals surface area (Å²) >= 11 is 5.98. The fourth-order valence-corrected chi connectivity index (χ4v) is 5.24. The Bertz CT molecular complexity index is 1340. The van der Waals surface area contributed by atoms with E-state index in [-0.39, 0.29) is 24.0 Å². The molecule has 3 aromatic rings. The zero-order valence-electron chi connectivity index (χ0n) is 23.1. The zero-order chi connectivity index (χ0) is 28.6. The van der Waals surface area contributed by atoms with Crippen LogP contribution < -0.4 is 15.4 Å². The molecule has 0 spiro atoms. The van der Waals surface area contributed by atoms with Gasteiger partial charge in [0, 0.05) is 43.3 Å². The minimum absolute atomic E-state index is 0.0502. The van der Waals surface area contributed by atoms with Gasteiger partial charge in [0.2, 0.25) is 11.8 Å². The first-order valence-electron chi connectivity index (χ1n) is 14.1. The molecule has 2 aliphatic rings. The van der Waals surface area contributed by atoms with Crippen LogP contribution in [0.1, 0.15) is 60.3 Å². The Hall–Kier alpha value is -3.69. The lowest BCUT2D eigenvalue weighted by molar-refractivity contribution is -0.117. The number of rotatable bonds is 11. The Morgan fingerprint density at radius 1 is 1.02 bits per heavy atom. The van der Waals surface area contributed by atoms with Gasteiger partial charge < -0.3 is 24.8 Å². The molecule has 5 rings (SSSR count). The molecular weight excluding hydrogens is 544 g/mol. The Morgan fingerprint density at radius 3 is 2.51 bits per heavy atom. The van der Waals surface area contributed by atoms with Crippen LogP contribution in [0, 0.1) is 5.92 Å². The minimum Gasteiger partial charge on any atom is -0.474 e. The van der Waals surface area contributed by atoms with Crippen LogP contribution in [-0.4, -0.2) is 54.3 Å². The van der Waals surface area contributed by atoms with Crippen LogP contribution in [0.4, 0.5) is 11.4 Å². The average Bonchev–Trinajstić information content (AvgIpc) is 2.95. The molecule has 1 atom stereocenters. The second-order valence-corrected chi connectivity index (χ2v) is 11.0. The summed E-state index contributed by atoms with van der Waals surface area (Å²) in [7, 11) is 1.35. The third kappa shape index (κ3) is 8.17. The molecule has 216 valence electrons. The number of halogens is 1. The molecule has 1 saturated carbocycles. The van der Waals surface area contributed by atoms with E-state index in [0.29, 0.717) is 53.1 Å². The number of aromatic nitrogens is 2. The summed E-state index contributed by atoms with van der Waals surface area (Å²) in [6.07, 6.45) is 7.44. The standard InChI is InChI=1S/C31H35ClN4O5/c1-39-31(38)22-6-11-26(27(18-22)34-19-25-13-15-40-25)35-29(37)17-21-4-9-24(10-5-21)41-30-12-14-33-28(36-30)16-20-2-7-23(32)8-3-20/h2-3,6-8,11-12,14,18,21,24-25,34H,4-5,9-10,13,15-17,19H2,1H3,(H,35,37). The van der Waals surface area contributed by atoms with Crippen molar-refractivity contribution in [2.45, 2.75) is 57.2 Å². The summed E-state index contributed by atoms with van der Waals surface area (Å²) in [5, 5.41) is 7.04. The highest BCUT2D eigenvalue weighted by Crippen LogP contribution is 2.31. The molecule has 9 nitrogen and oxygen atoms in total. The van der Waals surface area contributed by atoms with E-state index in [0.717, 1.165) is 44.3 Å². The number of ether oxygens (including phenoxy) is 3. The van der Waals surface area contributed by atoms with Crippen molar-refractivity contribution in [2.24, 2.45) is 5.92 Å². The van der Waals surface area contributed by atoms with Crippen molar-refractivity contribution in [3.63, 3.8) is 0 Å². The summed E-state index contributed by atoms with van der Waals surface area (Å²) in [4.78, 5) is 34.0. The minimum atomic E-state index is -0.426. The molecule has 1 amide bonds. The number of esters is 1. The number of carbonyl (C=O) groups is 2. The molecule has 2 aromatic carbocycles. The monoisotopic (exact) mass is 578 g/mol. The highest BCUT2D eigenvalue weighted by Gasteiger charge is 2.25. The smallest absolute Gasteiger partial charge is 0.337 e. The highest BCUT2D eigenvalue weighted by atomic mass is 35.5. The predicted octanol–water partition coefficient (Wildman–Crippen LogP) is 5.67. The molecule has 10 heteroatoms. The molecule has 0 radical (unpaired) electrons. The van der Waals surface area contributed by atoms with Gasteiger partial charge in [0.15, 0.2) is 0 Å². The summed E-state index contributed by atoms with van der Waals surface area (Å²) in [5.74, 6) is 1.07. The number of carbonyl (C=O) groups excluding carboxylic acids is 2. The Morgan fingerprint density at radius 2 is 1.80 bits per heavy atom. The molecule has 2 heterocycles. The molecule has 41 heavy (non-hydrogen) atoms. The maximum absolute atomic E-state index is 13.0. The molecule has 1 unspecified atom stereocenters. The largest absolute Gasteiger partial charge is 0.474 e. The number of hydrogen-bond donors (Lipinski definition) is 2. The van der Waals surface area contributed by atoms with Crippen LogP contribution >= 0.6 is 11.6 Å². The molecule has 1 aliphatic carbocycles. The zero-order valence-corrected chi connectivity index (χ0v) is 23.9. The van der Waals surface area contributed by atoms with Crippen molar-refractivity contribution in [2.75, 3.05) is 30.9 Å². The van der Waals surface area contributed by atoms with Crippen molar-refractivity contribution in [3.05, 3.63) is 76.7 Å². The second-order valence-electron chi connectivity index (χ2n) is 10.5. The van der Waals surface area contributed by atoms with E-state index < -0.39 is 5.97 Å². The maximum Gasteiger partial charge on any atom is 0.337 e. The van der Waals surface area contributed by atoms with Crippen LogP contribution in [0.3, 0.4) is 0 Å². The Labute approximate surface area is 245 Å². The van der Waals surface area contributed by atoms with E-state index >= 15 is 0 Å². The lowest BCUT2D eigenvalue weighted by Gasteiger charge is -2.29. The van der Waals surface area contributed by atoms with Crippen molar-refractivity contribution >= 4 is 34.9 Å². The number of anilines is 2. The van der Waals surface area contributed by atoms with Gasteiger partial charge in [0.25, 0.3) is 0 Å². The van der Waals surface area contributed by atoms with E-state index in [1.54, 1.807) is 30.5 Å². The van der Waals surface area contributed by atoms with Crippen molar-refractivity contribution in [1.82, 2.24) is 9.97 Å². The summed E-state index contributed by atoms with van der Waals surface area (Å²) in [6, 6.07) is 14.5. The van der Waals surface area contributed by atoms with Gasteiger partial charge in [0.1, 0.15) is 11.9 Å². The van der Waals surface area contributed by atoms with E-state index in [1.165, 1.54) is 7.11 Å². The van der Waals surface area contributed by atoms with Crippen LogP contribution in [0.5, 0.6) is 5.88 Å². The van der Waals surface area contributed by atoms with Gasteiger partial charge >= 0.3 is 5.97 Å². The quantitative estimate of drug-likeness (QED) is 0.280. The van der Waals surface area contributed by atoms with E-state index in [1.807, 2.05) is 24.3 Å². The predicted molar refractivity (Wildman–Crippen MR) is 157 cm³/mol. The van der Waals surface area contributed by atoms with E-state index in [9.17, 15) is 9.59 Å². The van der Waals surface area contributed by atoms with Gasteiger partial charge in [-0.3, -0.25) is 4.79 Å². The van der Waals surface area contributed by atoms with Gasteiger partial charge in [-0.2, -0.15) is 4.98 Å². The van der Waals surface area contributed by atoms with Crippen LogP contribution in [0.2, 0.25) is 5.02 Å². The van der Waals surface area contributed by atoms with Crippen molar-refractivity contribution in [3.8, 4) is 5.88 Å². The van der Waals surface area contributed by atoms with Crippen molar-refractivity contribution < 1.29 is 23.8 Å². The molecule has 2 N–H and O–H groups in total. The van der Waals surface area contributed by atoms with Gasteiger partial charge in [-0.1, -0.05) is 23.7 Å². The topological polar surface area (TPSA) is 112 Å². The fraction of sp³-hybridized carbons (Fsp3) is 0.419. The third-order valence-corrected chi connectivity index (χ3v) is 7.79. The van der Waals surface area contributed by atoms with E-state index in [2.05, 4.69) is 20.6 Å². The number of nitrogens with one attached hydrogen (secondary N) is 2. The SMILES string of the molecule is COC(=O)c1ccc(NC(=O)CC2CCC(Oc3ccnc(Cc4ccc(Cl)cc4)n3)CC2)c(NCC2CCO2)c1. The Balaban J connectivity index is 1.11. The van der Waals surface area contributed by atoms with Gasteiger partial charge in [-0.05, 0) is 73.9 Å². The van der Waals surface area contributed by atoms with E-state index in [4.69, 9.17) is 25.8 Å². The normalized spacial score (nSPS) is 20.0. The second kappa shape index (κ2) is 13.8. The average molecular weight is 579 g/mol. The lowest BCUT2D eigenvalue weighted by Crippen LogP contribution is -2.33. The number of benzene rings is 2. The number of methoxy groups -OCH3 is 1. The van der Waals surface area contributed by atoms with Gasteiger partial charge in [-0.15, -0.1) is 0 Å². The fourth-order valence-electron chi connectivity index (χ4n) is 5.12. The molecule has 1 aromatic heterocycles. The molecule has 2 fully saturated rings. The molecule has 0 bridgehead atoms. The van der Waals surface area contributed by atoms with Crippen LogP contribution in [-0.2, 0) is 20.7 Å². The summed E-state index contributed by atoms with van der Waals surface area (Å²) in [6.45, 7) is 1.36. The first-order chi connectivity index (χ1) is 19.9. The number of nitrogens with zero attached hydrogens (tertiary/aromatic N) is 2. The number of hydrogen-bond acceptors (Lipinski definition) is 8. The van der Waals surface area contributed by atoms with Gasteiger partial charge in [0.05, 0.1) is 30.2 Å². The summed E-state index contributed by atoms with van der Waals surface area (Å²) < 4.78 is 16.5. The first-order valence-corrected chi connectivity index (χ1v) is 14.4. The van der Waals surface area contributed by atoms with Crippen LogP contribution in [0.15, 0.2) is 54.7 Å². The molecular formula is C31H35ClN4O5. The lowest BCUT2D eigenvalue weighted by atomic mass is 9.85. The maximum atomic E-state index is 13.0. The number of amides is 1. The molecule has 1 saturated heterocycles. The Kier molecular flexibility index (Phi) is 9.69.